The van der Waals surface area contributed by atoms with Crippen molar-refractivity contribution in [2.24, 2.45) is 5.73 Å². The maximum absolute atomic E-state index is 13.1. The summed E-state index contributed by atoms with van der Waals surface area (Å²) < 4.78 is 32.8. The highest BCUT2D eigenvalue weighted by molar-refractivity contribution is 8.00. The van der Waals surface area contributed by atoms with Gasteiger partial charge in [-0.2, -0.15) is 0 Å². The molecule has 0 spiro atoms. The summed E-state index contributed by atoms with van der Waals surface area (Å²) in [6, 6.07) is 3.12. The molecule has 1 aromatic rings. The van der Waals surface area contributed by atoms with Gasteiger partial charge >= 0.3 is 27.3 Å². The van der Waals surface area contributed by atoms with Crippen LogP contribution in [0.15, 0.2) is 23.4 Å². The monoisotopic (exact) mass is 644 g/mol. The van der Waals surface area contributed by atoms with E-state index in [1.54, 1.807) is 12.1 Å². The number of thioether (sulfide) groups is 1. The van der Waals surface area contributed by atoms with E-state index in [9.17, 15) is 53.0 Å². The fourth-order valence-electron chi connectivity index (χ4n) is 4.05. The second kappa shape index (κ2) is 12.2. The number of amides is 3. The van der Waals surface area contributed by atoms with Gasteiger partial charge in [-0.3, -0.25) is 23.6 Å². The Labute approximate surface area is 234 Å². The zero-order valence-electron chi connectivity index (χ0n) is 20.6. The highest BCUT2D eigenvalue weighted by Gasteiger charge is 2.66. The van der Waals surface area contributed by atoms with E-state index in [1.807, 2.05) is 0 Å². The van der Waals surface area contributed by atoms with Crippen molar-refractivity contribution < 1.29 is 62.5 Å². The molecule has 3 heterocycles. The van der Waals surface area contributed by atoms with Crippen LogP contribution in [0.3, 0.4) is 0 Å². The van der Waals surface area contributed by atoms with Crippen LogP contribution in [0, 0.1) is 0 Å². The first kappa shape index (κ1) is 32.0. The molecule has 0 radical (unpaired) electrons. The molecule has 1 fully saturated rings. The van der Waals surface area contributed by atoms with Crippen molar-refractivity contribution in [3.05, 3.63) is 28.3 Å². The van der Waals surface area contributed by atoms with Gasteiger partial charge in [-0.25, -0.2) is 9.59 Å². The lowest BCUT2D eigenvalue weighted by Crippen LogP contribution is -2.80. The first-order valence-corrected chi connectivity index (χ1v) is 16.4. The summed E-state index contributed by atoms with van der Waals surface area (Å²) in [5.41, 5.74) is 2.83. The number of aliphatic carboxylic acids is 1. The molecule has 2 atom stereocenters. The number of hydrogen-bond acceptors (Lipinski definition) is 11. The zero-order valence-corrected chi connectivity index (χ0v) is 24.0. The van der Waals surface area contributed by atoms with E-state index in [4.69, 9.17) is 10.5 Å². The standard InChI is InChI=1S/C19H26N4O13P2S2/c1-35-19(16(27)23-14(15(25)26)9(7-36-18(20)28)8-39-17(19)23)22-11(24)6-10-2-3-12(40-10)21-5-4-13(37(29,30)31)38(32,33)34/h2-3,13,17,21H,4-8H2,1H3,(H2,20,28)(H,22,24)(H,25,26)(H2,29,30,31)(H2,32,33,34)/t17-,19?/m0/s1. The number of carbonyl (C=O) groups excluding carboxylic acids is 3. The molecule has 21 heteroatoms. The molecule has 1 saturated heterocycles. The number of primary amides is 1. The minimum Gasteiger partial charge on any atom is -0.477 e. The normalized spacial score (nSPS) is 21.1. The van der Waals surface area contributed by atoms with Crippen LogP contribution in [0.25, 0.3) is 0 Å². The molecule has 0 aromatic carbocycles. The summed E-state index contributed by atoms with van der Waals surface area (Å²) in [5, 5.41) is 12.4. The molecule has 3 amide bonds. The van der Waals surface area contributed by atoms with E-state index < -0.39 is 74.3 Å². The number of anilines is 1. The number of methoxy groups -OCH3 is 1. The number of β-lactam (4-membered cyclic amide) rings is 1. The maximum atomic E-state index is 13.1. The molecule has 222 valence electrons. The number of carboxylic acid groups (broad SMARTS) is 1. The molecule has 2 aliphatic heterocycles. The highest BCUT2D eigenvalue weighted by Crippen LogP contribution is 2.61. The van der Waals surface area contributed by atoms with Gasteiger partial charge in [-0.05, 0) is 18.6 Å². The third-order valence-electron chi connectivity index (χ3n) is 5.82. The van der Waals surface area contributed by atoms with Gasteiger partial charge in [0.05, 0.1) is 11.4 Å². The summed E-state index contributed by atoms with van der Waals surface area (Å²) in [6.07, 6.45) is -1.84. The number of ether oxygens (including phenoxy) is 2. The number of carbonyl (C=O) groups is 4. The summed E-state index contributed by atoms with van der Waals surface area (Å²) in [4.78, 5) is 87.0. The van der Waals surface area contributed by atoms with Crippen LogP contribution in [-0.2, 0) is 39.4 Å². The predicted octanol–water partition coefficient (Wildman–Crippen LogP) is -0.418. The average Bonchev–Trinajstić information content (AvgIpc) is 3.28. The Hall–Kier alpha value is -2.47. The van der Waals surface area contributed by atoms with Crippen molar-refractivity contribution in [2.45, 2.75) is 29.3 Å². The van der Waals surface area contributed by atoms with Crippen LogP contribution < -0.4 is 16.4 Å². The molecule has 40 heavy (non-hydrogen) atoms. The Morgan fingerprint density at radius 2 is 1.88 bits per heavy atom. The number of nitrogens with one attached hydrogen (secondary N) is 2. The van der Waals surface area contributed by atoms with Gasteiger partial charge in [0, 0.05) is 29.9 Å². The van der Waals surface area contributed by atoms with Gasteiger partial charge in [-0.1, -0.05) is 0 Å². The largest absolute Gasteiger partial charge is 0.477 e. The maximum Gasteiger partial charge on any atom is 0.404 e. The van der Waals surface area contributed by atoms with Crippen molar-refractivity contribution in [3.8, 4) is 0 Å². The first-order valence-electron chi connectivity index (χ1n) is 11.1. The van der Waals surface area contributed by atoms with E-state index in [0.29, 0.717) is 9.88 Å². The lowest BCUT2D eigenvalue weighted by atomic mass is 9.98. The SMILES string of the molecule is COC1(NC(=O)Cc2ccc(NCCC(P(=O)(O)O)P(=O)(O)O)s2)C(=O)N2C(C(=O)O)=C(COC(N)=O)CS[C@H]21. The highest BCUT2D eigenvalue weighted by atomic mass is 32.2. The summed E-state index contributed by atoms with van der Waals surface area (Å²) in [7, 11) is -8.91. The van der Waals surface area contributed by atoms with E-state index in [0.717, 1.165) is 28.0 Å². The van der Waals surface area contributed by atoms with Crippen LogP contribution in [-0.4, -0.2) is 96.0 Å². The summed E-state index contributed by atoms with van der Waals surface area (Å²) in [5.74, 6) is -2.86. The second-order valence-electron chi connectivity index (χ2n) is 8.51. The Bertz CT molecular complexity index is 1300. The molecule has 17 nitrogen and oxygen atoms in total. The Kier molecular flexibility index (Phi) is 9.76. The number of thiophene rings is 1. The van der Waals surface area contributed by atoms with Crippen LogP contribution in [0.1, 0.15) is 11.3 Å². The molecule has 0 aliphatic carbocycles. The molecule has 0 bridgehead atoms. The molecule has 3 rings (SSSR count). The zero-order chi connectivity index (χ0) is 30.0. The fourth-order valence-corrected chi connectivity index (χ4v) is 8.90. The molecule has 1 aromatic heterocycles. The second-order valence-corrected chi connectivity index (χ2v) is 14.8. The number of carboxylic acids is 1. The summed E-state index contributed by atoms with van der Waals surface area (Å²) in [6.45, 7) is -0.601. The van der Waals surface area contributed by atoms with E-state index in [-0.39, 0.29) is 24.3 Å². The molecule has 1 unspecified atom stereocenters. The van der Waals surface area contributed by atoms with E-state index in [2.05, 4.69) is 15.4 Å². The first-order chi connectivity index (χ1) is 18.5. The van der Waals surface area contributed by atoms with Gasteiger partial charge in [0.1, 0.15) is 17.7 Å². The number of fused-ring (bicyclic) bond motifs is 1. The van der Waals surface area contributed by atoms with E-state index >= 15 is 0 Å². The minimum atomic E-state index is -5.05. The smallest absolute Gasteiger partial charge is 0.404 e. The van der Waals surface area contributed by atoms with Gasteiger partial charge in [0.2, 0.25) is 5.91 Å². The van der Waals surface area contributed by atoms with Crippen LogP contribution >= 0.6 is 38.3 Å². The van der Waals surface area contributed by atoms with Crippen LogP contribution in [0.4, 0.5) is 9.80 Å². The molecule has 2 aliphatic rings. The predicted molar refractivity (Wildman–Crippen MR) is 140 cm³/mol. The van der Waals surface area contributed by atoms with Crippen LogP contribution in [0.5, 0.6) is 0 Å². The molecule has 0 saturated carbocycles. The van der Waals surface area contributed by atoms with Crippen molar-refractivity contribution in [2.75, 3.05) is 31.3 Å². The van der Waals surface area contributed by atoms with Crippen molar-refractivity contribution >= 4 is 67.2 Å². The third kappa shape index (κ3) is 6.87. The Morgan fingerprint density at radius 3 is 2.42 bits per heavy atom. The quantitative estimate of drug-likeness (QED) is 0.0769. The van der Waals surface area contributed by atoms with Gasteiger partial charge in [-0.15, -0.1) is 23.1 Å². The topological polar surface area (TPSA) is 275 Å². The van der Waals surface area contributed by atoms with Crippen molar-refractivity contribution in [1.29, 1.82) is 0 Å². The van der Waals surface area contributed by atoms with Gasteiger partial charge in [0.15, 0.2) is 5.40 Å². The number of hydrogen-bond donors (Lipinski definition) is 8. The molecular weight excluding hydrogens is 618 g/mol. The Morgan fingerprint density at radius 1 is 1.23 bits per heavy atom. The summed E-state index contributed by atoms with van der Waals surface area (Å²) >= 11 is 2.17. The van der Waals surface area contributed by atoms with Gasteiger partial charge < -0.3 is 50.5 Å². The number of nitrogens with zero attached hydrogens (tertiary/aromatic N) is 1. The number of nitrogens with two attached hydrogens (primary N) is 1. The van der Waals surface area contributed by atoms with Gasteiger partial charge in [0.25, 0.3) is 11.6 Å². The minimum absolute atomic E-state index is 0.0508. The van der Waals surface area contributed by atoms with Crippen molar-refractivity contribution in [1.82, 2.24) is 10.2 Å². The average molecular weight is 645 g/mol. The van der Waals surface area contributed by atoms with Crippen LogP contribution in [0.2, 0.25) is 0 Å². The lowest BCUT2D eigenvalue weighted by molar-refractivity contribution is -0.192. The molecular formula is C19H26N4O13P2S2. The van der Waals surface area contributed by atoms with Crippen molar-refractivity contribution in [3.63, 3.8) is 0 Å². The Balaban J connectivity index is 1.63. The fraction of sp³-hybridized carbons (Fsp3) is 0.474. The third-order valence-corrected chi connectivity index (χ3v) is 12.1. The molecule has 9 N–H and O–H groups in total. The number of rotatable bonds is 13. The van der Waals surface area contributed by atoms with E-state index in [1.165, 1.54) is 7.11 Å². The lowest BCUT2D eigenvalue weighted by Gasteiger charge is -2.55.